The van der Waals surface area contributed by atoms with E-state index in [-0.39, 0.29) is 5.56 Å². The highest BCUT2D eigenvalue weighted by molar-refractivity contribution is 9.09. The van der Waals surface area contributed by atoms with Gasteiger partial charge in [0, 0.05) is 5.56 Å². The van der Waals surface area contributed by atoms with Gasteiger partial charge >= 0.3 is 0 Å². The molecule has 0 heterocycles. The fraction of sp³-hybridized carbons (Fsp3) is 0.294. The van der Waals surface area contributed by atoms with Crippen LogP contribution in [0.15, 0.2) is 36.4 Å². The molecule has 1 nitrogen and oxygen atoms in total. The summed E-state index contributed by atoms with van der Waals surface area (Å²) in [5.41, 5.74) is 1.41. The number of rotatable bonds is 5. The molecule has 0 aromatic heterocycles. The fourth-order valence-electron chi connectivity index (χ4n) is 2.02. The third-order valence-electron chi connectivity index (χ3n) is 3.17. The van der Waals surface area contributed by atoms with Crippen molar-refractivity contribution in [3.63, 3.8) is 0 Å². The molecule has 0 radical (unpaired) electrons. The van der Waals surface area contributed by atoms with Crippen molar-refractivity contribution in [1.82, 2.24) is 0 Å². The van der Waals surface area contributed by atoms with Gasteiger partial charge in [-0.2, -0.15) is 0 Å². The Hall–Kier alpha value is -1.42. The van der Waals surface area contributed by atoms with Crippen LogP contribution in [-0.4, -0.2) is 6.61 Å². The number of benzene rings is 2. The van der Waals surface area contributed by atoms with Gasteiger partial charge in [-0.15, -0.1) is 0 Å². The normalized spacial score (nSPS) is 12.2. The lowest BCUT2D eigenvalue weighted by molar-refractivity contribution is 0.317. The van der Waals surface area contributed by atoms with Crippen molar-refractivity contribution >= 4 is 15.9 Å². The van der Waals surface area contributed by atoms with E-state index in [1.165, 1.54) is 12.1 Å². The summed E-state index contributed by atoms with van der Waals surface area (Å²) in [5, 5.41) is 0. The molecule has 2 aromatic carbocycles. The van der Waals surface area contributed by atoms with Gasteiger partial charge in [0.25, 0.3) is 0 Å². The van der Waals surface area contributed by atoms with E-state index in [4.69, 9.17) is 4.74 Å². The van der Waals surface area contributed by atoms with Gasteiger partial charge in [0.05, 0.1) is 11.4 Å². The molecule has 0 bridgehead atoms. The molecule has 2 aromatic rings. The SMILES string of the molecule is CCCOc1cccc(C(Br)c2cc(F)c(C)cc2F)c1. The van der Waals surface area contributed by atoms with Gasteiger partial charge in [-0.1, -0.05) is 35.0 Å². The third kappa shape index (κ3) is 3.82. The van der Waals surface area contributed by atoms with Crippen LogP contribution in [0.2, 0.25) is 0 Å². The molecule has 1 unspecified atom stereocenters. The Bertz CT molecular complexity index is 628. The van der Waals surface area contributed by atoms with Crippen molar-refractivity contribution in [2.75, 3.05) is 6.61 Å². The van der Waals surface area contributed by atoms with E-state index in [1.807, 2.05) is 31.2 Å². The van der Waals surface area contributed by atoms with Crippen LogP contribution in [0.5, 0.6) is 5.75 Å². The topological polar surface area (TPSA) is 9.23 Å². The zero-order chi connectivity index (χ0) is 15.4. The second-order valence-electron chi connectivity index (χ2n) is 4.91. The molecule has 0 N–H and O–H groups in total. The van der Waals surface area contributed by atoms with Gasteiger partial charge < -0.3 is 4.74 Å². The molecule has 4 heteroatoms. The van der Waals surface area contributed by atoms with Gasteiger partial charge in [0.1, 0.15) is 17.4 Å². The van der Waals surface area contributed by atoms with Crippen LogP contribution in [0.3, 0.4) is 0 Å². The predicted molar refractivity (Wildman–Crippen MR) is 84.1 cm³/mol. The van der Waals surface area contributed by atoms with Crippen molar-refractivity contribution in [3.05, 3.63) is 64.7 Å². The summed E-state index contributed by atoms with van der Waals surface area (Å²) in [6, 6.07) is 9.85. The van der Waals surface area contributed by atoms with E-state index in [9.17, 15) is 8.78 Å². The summed E-state index contributed by atoms with van der Waals surface area (Å²) in [5.74, 6) is -0.100. The van der Waals surface area contributed by atoms with Gasteiger partial charge in [-0.05, 0) is 48.7 Å². The van der Waals surface area contributed by atoms with Crippen molar-refractivity contribution in [2.45, 2.75) is 25.1 Å². The summed E-state index contributed by atoms with van der Waals surface area (Å²) in [4.78, 5) is -0.419. The molecule has 0 spiro atoms. The Labute approximate surface area is 132 Å². The summed E-state index contributed by atoms with van der Waals surface area (Å²) in [7, 11) is 0. The number of alkyl halides is 1. The van der Waals surface area contributed by atoms with E-state index >= 15 is 0 Å². The maximum atomic E-state index is 14.0. The number of halogens is 3. The molecule has 0 saturated carbocycles. The second-order valence-corrected chi connectivity index (χ2v) is 5.82. The highest BCUT2D eigenvalue weighted by atomic mass is 79.9. The van der Waals surface area contributed by atoms with Gasteiger partial charge in [0.15, 0.2) is 0 Å². The van der Waals surface area contributed by atoms with E-state index < -0.39 is 16.5 Å². The van der Waals surface area contributed by atoms with Crippen molar-refractivity contribution < 1.29 is 13.5 Å². The van der Waals surface area contributed by atoms with Crippen molar-refractivity contribution in [1.29, 1.82) is 0 Å². The Morgan fingerprint density at radius 3 is 2.62 bits per heavy atom. The first-order valence-corrected chi connectivity index (χ1v) is 7.77. The van der Waals surface area contributed by atoms with Crippen molar-refractivity contribution in [3.8, 4) is 5.75 Å². The number of ether oxygens (including phenoxy) is 1. The van der Waals surface area contributed by atoms with Crippen LogP contribution in [0.1, 0.15) is 34.9 Å². The minimum Gasteiger partial charge on any atom is -0.494 e. The molecule has 0 saturated heterocycles. The zero-order valence-electron chi connectivity index (χ0n) is 12.0. The molecule has 0 amide bonds. The summed E-state index contributed by atoms with van der Waals surface area (Å²) in [6.07, 6.45) is 0.916. The molecule has 21 heavy (non-hydrogen) atoms. The minimum absolute atomic E-state index is 0.283. The van der Waals surface area contributed by atoms with Crippen LogP contribution >= 0.6 is 15.9 Å². The minimum atomic E-state index is -0.421. The fourth-order valence-corrected chi connectivity index (χ4v) is 2.65. The first-order chi connectivity index (χ1) is 10.0. The van der Waals surface area contributed by atoms with Gasteiger partial charge in [-0.25, -0.2) is 8.78 Å². The Kier molecular flexibility index (Phi) is 5.34. The molecule has 0 aliphatic heterocycles. The molecular weight excluding hydrogens is 338 g/mol. The highest BCUT2D eigenvalue weighted by Crippen LogP contribution is 2.34. The van der Waals surface area contributed by atoms with Crippen LogP contribution in [0.25, 0.3) is 0 Å². The van der Waals surface area contributed by atoms with Crippen molar-refractivity contribution in [2.24, 2.45) is 0 Å². The molecule has 112 valence electrons. The van der Waals surface area contributed by atoms with E-state index in [1.54, 1.807) is 6.92 Å². The molecule has 0 aliphatic rings. The van der Waals surface area contributed by atoms with Gasteiger partial charge in [0.2, 0.25) is 0 Å². The summed E-state index contributed by atoms with van der Waals surface area (Å²) in [6.45, 7) is 4.20. The largest absolute Gasteiger partial charge is 0.494 e. The molecular formula is C17H17BrF2O. The van der Waals surface area contributed by atoms with E-state index in [2.05, 4.69) is 15.9 Å². The quantitative estimate of drug-likeness (QED) is 0.640. The smallest absolute Gasteiger partial charge is 0.128 e. The Morgan fingerprint density at radius 2 is 1.90 bits per heavy atom. The predicted octanol–water partition coefficient (Wildman–Crippen LogP) is 5.55. The molecule has 1 atom stereocenters. The maximum Gasteiger partial charge on any atom is 0.128 e. The highest BCUT2D eigenvalue weighted by Gasteiger charge is 2.17. The first kappa shape index (κ1) is 16.0. The number of hydrogen-bond acceptors (Lipinski definition) is 1. The molecule has 0 aliphatic carbocycles. The lowest BCUT2D eigenvalue weighted by Gasteiger charge is -2.14. The average Bonchev–Trinajstić information content (AvgIpc) is 2.48. The van der Waals surface area contributed by atoms with E-state index in [0.717, 1.165) is 17.7 Å². The maximum absolute atomic E-state index is 14.0. The monoisotopic (exact) mass is 354 g/mol. The standard InChI is InChI=1S/C17H17BrF2O/c1-3-7-21-13-6-4-5-12(9-13)17(18)14-10-15(19)11(2)8-16(14)20/h4-6,8-10,17H,3,7H2,1-2H3. The van der Waals surface area contributed by atoms with E-state index in [0.29, 0.717) is 12.2 Å². The van der Waals surface area contributed by atoms with Crippen LogP contribution in [0, 0.1) is 18.6 Å². The lowest BCUT2D eigenvalue weighted by Crippen LogP contribution is -2.01. The second kappa shape index (κ2) is 7.03. The third-order valence-corrected chi connectivity index (χ3v) is 4.20. The molecule has 0 fully saturated rings. The zero-order valence-corrected chi connectivity index (χ0v) is 13.6. The summed E-state index contributed by atoms with van der Waals surface area (Å²) >= 11 is 3.44. The van der Waals surface area contributed by atoms with Crippen LogP contribution in [0.4, 0.5) is 8.78 Å². The lowest BCUT2D eigenvalue weighted by atomic mass is 10.0. The number of aryl methyl sites for hydroxylation is 1. The average molecular weight is 355 g/mol. The van der Waals surface area contributed by atoms with Gasteiger partial charge in [-0.3, -0.25) is 0 Å². The molecule has 2 rings (SSSR count). The number of hydrogen-bond donors (Lipinski definition) is 0. The first-order valence-electron chi connectivity index (χ1n) is 6.85. The van der Waals surface area contributed by atoms with Crippen LogP contribution < -0.4 is 4.74 Å². The Morgan fingerprint density at radius 1 is 1.14 bits per heavy atom. The Balaban J connectivity index is 2.31. The van der Waals surface area contributed by atoms with Crippen LogP contribution in [-0.2, 0) is 0 Å². The summed E-state index contributed by atoms with van der Waals surface area (Å²) < 4.78 is 33.3.